The van der Waals surface area contributed by atoms with Crippen molar-refractivity contribution < 1.29 is 4.74 Å². The molecule has 94 valence electrons. The number of hydrogen-bond donors (Lipinski definition) is 1. The molecule has 0 spiro atoms. The summed E-state index contributed by atoms with van der Waals surface area (Å²) in [5.41, 5.74) is 7.35. The fourth-order valence-electron chi connectivity index (χ4n) is 1.46. The van der Waals surface area contributed by atoms with E-state index in [1.807, 2.05) is 18.2 Å². The molecular weight excluding hydrogens is 337 g/mol. The molecule has 2 nitrogen and oxygen atoms in total. The molecule has 0 radical (unpaired) electrons. The normalized spacial score (nSPS) is 10.4. The van der Waals surface area contributed by atoms with Gasteiger partial charge >= 0.3 is 0 Å². The van der Waals surface area contributed by atoms with Crippen LogP contribution in [-0.4, -0.2) is 0 Å². The summed E-state index contributed by atoms with van der Waals surface area (Å²) in [6, 6.07) is 10.9. The predicted octanol–water partition coefficient (Wildman–Crippen LogP) is 4.92. The molecule has 0 aromatic heterocycles. The summed E-state index contributed by atoms with van der Waals surface area (Å²) in [6.07, 6.45) is 0. The maximum absolute atomic E-state index is 5.94. The summed E-state index contributed by atoms with van der Waals surface area (Å²) < 4.78 is 6.50. The van der Waals surface area contributed by atoms with E-state index in [4.69, 9.17) is 33.7 Å². The molecule has 0 aliphatic heterocycles. The van der Waals surface area contributed by atoms with Crippen LogP contribution in [0.1, 0.15) is 5.56 Å². The van der Waals surface area contributed by atoms with Gasteiger partial charge in [0, 0.05) is 0 Å². The minimum Gasteiger partial charge on any atom is -0.486 e. The lowest BCUT2D eigenvalue weighted by atomic mass is 10.2. The third-order valence-electron chi connectivity index (χ3n) is 2.36. The fourth-order valence-corrected chi connectivity index (χ4v) is 2.28. The van der Waals surface area contributed by atoms with Crippen LogP contribution in [0.3, 0.4) is 0 Å². The molecular formula is C13H10BrCl2NO. The van der Waals surface area contributed by atoms with Crippen molar-refractivity contribution in [1.82, 2.24) is 0 Å². The molecule has 0 aliphatic carbocycles. The highest BCUT2D eigenvalue weighted by atomic mass is 79.9. The van der Waals surface area contributed by atoms with E-state index in [2.05, 4.69) is 15.9 Å². The second-order valence-corrected chi connectivity index (χ2v) is 5.36. The first-order valence-electron chi connectivity index (χ1n) is 5.18. The van der Waals surface area contributed by atoms with Gasteiger partial charge in [0.2, 0.25) is 0 Å². The van der Waals surface area contributed by atoms with Crippen molar-refractivity contribution in [3.05, 3.63) is 56.5 Å². The number of anilines is 1. The molecule has 0 unspecified atom stereocenters. The lowest BCUT2D eigenvalue weighted by Crippen LogP contribution is -1.99. The van der Waals surface area contributed by atoms with Crippen molar-refractivity contribution in [3.8, 4) is 5.75 Å². The van der Waals surface area contributed by atoms with Crippen LogP contribution in [0, 0.1) is 0 Å². The van der Waals surface area contributed by atoms with Gasteiger partial charge in [0.1, 0.15) is 6.61 Å². The topological polar surface area (TPSA) is 35.2 Å². The number of para-hydroxylation sites is 1. The summed E-state index contributed by atoms with van der Waals surface area (Å²) in [6.45, 7) is 0.379. The Balaban J connectivity index is 2.14. The Bertz CT molecular complexity index is 555. The number of nitrogens with two attached hydrogens (primary N) is 1. The van der Waals surface area contributed by atoms with Crippen LogP contribution in [0.15, 0.2) is 40.9 Å². The fraction of sp³-hybridized carbons (Fsp3) is 0.0769. The third-order valence-corrected chi connectivity index (χ3v) is 3.73. The van der Waals surface area contributed by atoms with Gasteiger partial charge in [-0.05, 0) is 45.8 Å². The van der Waals surface area contributed by atoms with Crippen LogP contribution >= 0.6 is 39.1 Å². The zero-order chi connectivity index (χ0) is 13.1. The van der Waals surface area contributed by atoms with Gasteiger partial charge in [0.05, 0.1) is 20.2 Å². The second kappa shape index (κ2) is 5.83. The van der Waals surface area contributed by atoms with Gasteiger partial charge in [-0.25, -0.2) is 0 Å². The second-order valence-electron chi connectivity index (χ2n) is 3.70. The van der Waals surface area contributed by atoms with Gasteiger partial charge < -0.3 is 10.5 Å². The van der Waals surface area contributed by atoms with Gasteiger partial charge in [-0.1, -0.05) is 35.3 Å². The van der Waals surface area contributed by atoms with E-state index in [1.54, 1.807) is 18.2 Å². The Morgan fingerprint density at radius 3 is 2.56 bits per heavy atom. The largest absolute Gasteiger partial charge is 0.486 e. The van der Waals surface area contributed by atoms with Crippen LogP contribution < -0.4 is 10.5 Å². The first kappa shape index (κ1) is 13.5. The van der Waals surface area contributed by atoms with Gasteiger partial charge in [-0.2, -0.15) is 0 Å². The standard InChI is InChI=1S/C13H10BrCl2NO/c14-9-2-1-3-12(17)13(9)18-7-8-4-5-10(15)11(16)6-8/h1-6H,7,17H2. The van der Waals surface area contributed by atoms with Crippen molar-refractivity contribution in [1.29, 1.82) is 0 Å². The van der Waals surface area contributed by atoms with Crippen LogP contribution in [0.5, 0.6) is 5.75 Å². The Morgan fingerprint density at radius 1 is 1.11 bits per heavy atom. The zero-order valence-electron chi connectivity index (χ0n) is 9.29. The molecule has 0 atom stereocenters. The summed E-state index contributed by atoms with van der Waals surface area (Å²) in [4.78, 5) is 0. The minimum atomic E-state index is 0.379. The minimum absolute atomic E-state index is 0.379. The number of halogens is 3. The van der Waals surface area contributed by atoms with E-state index >= 15 is 0 Å². The van der Waals surface area contributed by atoms with E-state index < -0.39 is 0 Å². The van der Waals surface area contributed by atoms with Crippen molar-refractivity contribution in [2.24, 2.45) is 0 Å². The van der Waals surface area contributed by atoms with Gasteiger partial charge in [-0.3, -0.25) is 0 Å². The average molecular weight is 347 g/mol. The molecule has 5 heteroatoms. The van der Waals surface area contributed by atoms with Gasteiger partial charge in [0.25, 0.3) is 0 Å². The molecule has 2 aromatic carbocycles. The predicted molar refractivity (Wildman–Crippen MR) is 79.3 cm³/mol. The van der Waals surface area contributed by atoms with E-state index in [9.17, 15) is 0 Å². The SMILES string of the molecule is Nc1cccc(Br)c1OCc1ccc(Cl)c(Cl)c1. The molecule has 18 heavy (non-hydrogen) atoms. The average Bonchev–Trinajstić information content (AvgIpc) is 2.33. The van der Waals surface area contributed by atoms with Gasteiger partial charge in [0.15, 0.2) is 5.75 Å². The molecule has 0 bridgehead atoms. The lowest BCUT2D eigenvalue weighted by molar-refractivity contribution is 0.306. The molecule has 0 heterocycles. The van der Waals surface area contributed by atoms with Crippen LogP contribution in [-0.2, 0) is 6.61 Å². The summed E-state index contributed by atoms with van der Waals surface area (Å²) in [5, 5.41) is 1.04. The van der Waals surface area contributed by atoms with Crippen LogP contribution in [0.2, 0.25) is 10.0 Å². The van der Waals surface area contributed by atoms with Crippen molar-refractivity contribution in [2.45, 2.75) is 6.61 Å². The number of ether oxygens (including phenoxy) is 1. The highest BCUT2D eigenvalue weighted by Gasteiger charge is 2.06. The van der Waals surface area contributed by atoms with E-state index in [1.165, 1.54) is 0 Å². The highest BCUT2D eigenvalue weighted by molar-refractivity contribution is 9.10. The van der Waals surface area contributed by atoms with Crippen molar-refractivity contribution >= 4 is 44.8 Å². The molecule has 2 N–H and O–H groups in total. The maximum atomic E-state index is 5.94. The van der Waals surface area contributed by atoms with Crippen molar-refractivity contribution in [2.75, 3.05) is 5.73 Å². The van der Waals surface area contributed by atoms with Crippen LogP contribution in [0.25, 0.3) is 0 Å². The molecule has 0 amide bonds. The molecule has 0 saturated heterocycles. The van der Waals surface area contributed by atoms with Crippen LogP contribution in [0.4, 0.5) is 5.69 Å². The first-order chi connectivity index (χ1) is 8.58. The summed E-state index contributed by atoms with van der Waals surface area (Å²) in [5.74, 6) is 0.628. The zero-order valence-corrected chi connectivity index (χ0v) is 12.4. The van der Waals surface area contributed by atoms with E-state index in [0.29, 0.717) is 28.1 Å². The summed E-state index contributed by atoms with van der Waals surface area (Å²) in [7, 11) is 0. The molecule has 2 rings (SSSR count). The van der Waals surface area contributed by atoms with E-state index in [-0.39, 0.29) is 0 Å². The Labute approximate surface area is 124 Å². The maximum Gasteiger partial charge on any atom is 0.156 e. The Morgan fingerprint density at radius 2 is 1.89 bits per heavy atom. The smallest absolute Gasteiger partial charge is 0.156 e. The number of benzene rings is 2. The van der Waals surface area contributed by atoms with Gasteiger partial charge in [-0.15, -0.1) is 0 Å². The third kappa shape index (κ3) is 3.10. The summed E-state index contributed by atoms with van der Waals surface area (Å²) >= 11 is 15.2. The number of hydrogen-bond acceptors (Lipinski definition) is 2. The lowest BCUT2D eigenvalue weighted by Gasteiger charge is -2.11. The molecule has 0 saturated carbocycles. The van der Waals surface area contributed by atoms with E-state index in [0.717, 1.165) is 10.0 Å². The number of nitrogen functional groups attached to an aromatic ring is 1. The first-order valence-corrected chi connectivity index (χ1v) is 6.73. The molecule has 0 fully saturated rings. The molecule has 0 aliphatic rings. The Kier molecular flexibility index (Phi) is 4.38. The molecule has 2 aromatic rings. The van der Waals surface area contributed by atoms with Crippen molar-refractivity contribution in [3.63, 3.8) is 0 Å². The Hall–Kier alpha value is -0.900. The monoisotopic (exact) mass is 345 g/mol. The number of rotatable bonds is 3. The quantitative estimate of drug-likeness (QED) is 0.801. The highest BCUT2D eigenvalue weighted by Crippen LogP contribution is 2.32.